The van der Waals surface area contributed by atoms with Gasteiger partial charge in [-0.3, -0.25) is 9.00 Å². The van der Waals surface area contributed by atoms with Crippen LogP contribution in [0.15, 0.2) is 24.3 Å². The second kappa shape index (κ2) is 6.54. The highest BCUT2D eigenvalue weighted by atomic mass is 32.2. The molecule has 18 heavy (non-hydrogen) atoms. The molecule has 0 aliphatic heterocycles. The third-order valence-corrected chi connectivity index (χ3v) is 4.53. The van der Waals surface area contributed by atoms with Crippen molar-refractivity contribution in [1.82, 2.24) is 0 Å². The van der Waals surface area contributed by atoms with Gasteiger partial charge in [-0.05, 0) is 23.6 Å². The molecule has 5 heteroatoms. The number of carbonyl (C=O) groups is 1. The molecule has 0 radical (unpaired) electrons. The summed E-state index contributed by atoms with van der Waals surface area (Å²) in [4.78, 5) is 11.1. The van der Waals surface area contributed by atoms with Crippen molar-refractivity contribution in [3.8, 4) is 5.75 Å². The average Bonchev–Trinajstić information content (AvgIpc) is 2.28. The molecule has 0 spiro atoms. The molecule has 0 amide bonds. The summed E-state index contributed by atoms with van der Waals surface area (Å²) < 4.78 is 17.1. The molecule has 0 saturated carbocycles. The number of rotatable bonds is 6. The van der Waals surface area contributed by atoms with Crippen molar-refractivity contribution < 1.29 is 18.8 Å². The first-order valence-electron chi connectivity index (χ1n) is 5.68. The molecule has 0 aliphatic rings. The minimum atomic E-state index is -1.42. The molecule has 1 aromatic carbocycles. The Morgan fingerprint density at radius 3 is 2.28 bits per heavy atom. The fourth-order valence-corrected chi connectivity index (χ4v) is 3.21. The standard InChI is InChI=1S/C13H18O4S/c1-9(2)12(13(14)15)18(16)8-10-4-6-11(17-3)7-5-10/h4-7,9,12H,8H2,1-3H3,(H,14,15). The van der Waals surface area contributed by atoms with Crippen molar-refractivity contribution in [2.24, 2.45) is 5.92 Å². The molecule has 0 saturated heterocycles. The number of hydrogen-bond donors (Lipinski definition) is 1. The summed E-state index contributed by atoms with van der Waals surface area (Å²) >= 11 is 0. The van der Waals surface area contributed by atoms with E-state index in [1.54, 1.807) is 45.2 Å². The van der Waals surface area contributed by atoms with Crippen LogP contribution >= 0.6 is 0 Å². The quantitative estimate of drug-likeness (QED) is 0.859. The van der Waals surface area contributed by atoms with Gasteiger partial charge in [-0.1, -0.05) is 26.0 Å². The first kappa shape index (κ1) is 14.7. The Labute approximate surface area is 109 Å². The van der Waals surface area contributed by atoms with Crippen LogP contribution in [-0.2, 0) is 21.3 Å². The maximum atomic E-state index is 12.0. The Morgan fingerprint density at radius 1 is 1.33 bits per heavy atom. The summed E-state index contributed by atoms with van der Waals surface area (Å²) in [5, 5.41) is 8.23. The van der Waals surface area contributed by atoms with Gasteiger partial charge in [0.15, 0.2) is 0 Å². The van der Waals surface area contributed by atoms with Crippen LogP contribution in [0, 0.1) is 5.92 Å². The molecule has 1 aromatic rings. The zero-order chi connectivity index (χ0) is 13.7. The van der Waals surface area contributed by atoms with Crippen LogP contribution in [0.2, 0.25) is 0 Å². The van der Waals surface area contributed by atoms with Gasteiger partial charge in [0.25, 0.3) is 0 Å². The number of carboxylic acid groups (broad SMARTS) is 1. The molecule has 0 bridgehead atoms. The summed E-state index contributed by atoms with van der Waals surface area (Å²) in [6.45, 7) is 3.54. The van der Waals surface area contributed by atoms with Crippen LogP contribution in [0.4, 0.5) is 0 Å². The number of hydrogen-bond acceptors (Lipinski definition) is 3. The molecule has 4 nitrogen and oxygen atoms in total. The summed E-state index contributed by atoms with van der Waals surface area (Å²) in [5.74, 6) is -0.180. The molecule has 100 valence electrons. The summed E-state index contributed by atoms with van der Waals surface area (Å²) in [5.41, 5.74) is 0.848. The van der Waals surface area contributed by atoms with Gasteiger partial charge in [-0.25, -0.2) is 0 Å². The van der Waals surface area contributed by atoms with E-state index < -0.39 is 22.0 Å². The summed E-state index contributed by atoms with van der Waals surface area (Å²) in [7, 11) is 0.158. The van der Waals surface area contributed by atoms with Gasteiger partial charge >= 0.3 is 5.97 Å². The maximum Gasteiger partial charge on any atom is 0.319 e. The van der Waals surface area contributed by atoms with E-state index in [0.29, 0.717) is 0 Å². The van der Waals surface area contributed by atoms with Gasteiger partial charge in [0.1, 0.15) is 11.0 Å². The smallest absolute Gasteiger partial charge is 0.319 e. The monoisotopic (exact) mass is 270 g/mol. The molecule has 1 rings (SSSR count). The van der Waals surface area contributed by atoms with E-state index in [1.165, 1.54) is 0 Å². The molecule has 2 atom stereocenters. The first-order valence-corrected chi connectivity index (χ1v) is 7.06. The van der Waals surface area contributed by atoms with Crippen molar-refractivity contribution in [2.45, 2.75) is 24.9 Å². The minimum absolute atomic E-state index is 0.151. The zero-order valence-electron chi connectivity index (χ0n) is 10.8. The highest BCUT2D eigenvalue weighted by Gasteiger charge is 2.27. The van der Waals surface area contributed by atoms with E-state index in [9.17, 15) is 9.00 Å². The Kier molecular flexibility index (Phi) is 5.34. The topological polar surface area (TPSA) is 63.6 Å². The lowest BCUT2D eigenvalue weighted by molar-refractivity contribution is -0.137. The fourth-order valence-electron chi connectivity index (χ4n) is 1.68. The van der Waals surface area contributed by atoms with Crippen LogP contribution in [-0.4, -0.2) is 27.6 Å². The summed E-state index contributed by atoms with van der Waals surface area (Å²) in [6.07, 6.45) is 0. The van der Waals surface area contributed by atoms with Crippen molar-refractivity contribution in [3.05, 3.63) is 29.8 Å². The molecule has 0 aliphatic carbocycles. The van der Waals surface area contributed by atoms with Gasteiger partial charge in [0, 0.05) is 16.6 Å². The van der Waals surface area contributed by atoms with Gasteiger partial charge in [0.2, 0.25) is 0 Å². The normalized spacial score (nSPS) is 14.2. The fraction of sp³-hybridized carbons (Fsp3) is 0.462. The predicted octanol–water partition coefficient (Wildman–Crippen LogP) is 2.05. The number of ether oxygens (including phenoxy) is 1. The average molecular weight is 270 g/mol. The van der Waals surface area contributed by atoms with Crippen LogP contribution in [0.3, 0.4) is 0 Å². The molecule has 0 heterocycles. The van der Waals surface area contributed by atoms with E-state index in [1.807, 2.05) is 0 Å². The van der Waals surface area contributed by atoms with Crippen LogP contribution in [0.25, 0.3) is 0 Å². The minimum Gasteiger partial charge on any atom is -0.497 e. The third-order valence-electron chi connectivity index (χ3n) is 2.60. The second-order valence-electron chi connectivity index (χ2n) is 4.38. The van der Waals surface area contributed by atoms with Gasteiger partial charge < -0.3 is 9.84 Å². The molecule has 1 N–H and O–H groups in total. The maximum absolute atomic E-state index is 12.0. The Morgan fingerprint density at radius 2 is 1.89 bits per heavy atom. The predicted molar refractivity (Wildman–Crippen MR) is 71.1 cm³/mol. The number of aliphatic carboxylic acids is 1. The van der Waals surface area contributed by atoms with Crippen LogP contribution in [0.1, 0.15) is 19.4 Å². The zero-order valence-corrected chi connectivity index (χ0v) is 11.6. The highest BCUT2D eigenvalue weighted by Crippen LogP contribution is 2.17. The summed E-state index contributed by atoms with van der Waals surface area (Å²) in [6, 6.07) is 7.15. The van der Waals surface area contributed by atoms with Gasteiger partial charge in [-0.15, -0.1) is 0 Å². The van der Waals surface area contributed by atoms with E-state index in [4.69, 9.17) is 9.84 Å². The lowest BCUT2D eigenvalue weighted by Gasteiger charge is -2.15. The molecular weight excluding hydrogens is 252 g/mol. The first-order chi connectivity index (χ1) is 8.45. The van der Waals surface area contributed by atoms with Crippen molar-refractivity contribution in [3.63, 3.8) is 0 Å². The lowest BCUT2D eigenvalue weighted by atomic mass is 10.1. The highest BCUT2D eigenvalue weighted by molar-refractivity contribution is 7.85. The van der Waals surface area contributed by atoms with Gasteiger partial charge in [0.05, 0.1) is 7.11 Å². The van der Waals surface area contributed by atoms with Crippen LogP contribution in [0.5, 0.6) is 5.75 Å². The Hall–Kier alpha value is -1.36. The van der Waals surface area contributed by atoms with E-state index in [2.05, 4.69) is 0 Å². The van der Waals surface area contributed by atoms with Crippen molar-refractivity contribution in [2.75, 3.05) is 7.11 Å². The van der Waals surface area contributed by atoms with Crippen molar-refractivity contribution in [1.29, 1.82) is 0 Å². The molecule has 2 unspecified atom stereocenters. The van der Waals surface area contributed by atoms with E-state index >= 15 is 0 Å². The van der Waals surface area contributed by atoms with Crippen molar-refractivity contribution >= 4 is 16.8 Å². The van der Waals surface area contributed by atoms with Gasteiger partial charge in [-0.2, -0.15) is 0 Å². The Bertz CT molecular complexity index is 425. The molecule has 0 fully saturated rings. The molecular formula is C13H18O4S. The number of carboxylic acids is 1. The number of methoxy groups -OCH3 is 1. The molecule has 0 aromatic heterocycles. The van der Waals surface area contributed by atoms with E-state index in [0.717, 1.165) is 11.3 Å². The number of benzene rings is 1. The third kappa shape index (κ3) is 3.84. The lowest BCUT2D eigenvalue weighted by Crippen LogP contribution is -2.31. The van der Waals surface area contributed by atoms with Crippen LogP contribution < -0.4 is 4.74 Å². The second-order valence-corrected chi connectivity index (χ2v) is 5.93. The van der Waals surface area contributed by atoms with E-state index in [-0.39, 0.29) is 11.7 Å². The SMILES string of the molecule is COc1ccc(CS(=O)C(C(=O)O)C(C)C)cc1. The largest absolute Gasteiger partial charge is 0.497 e. The Balaban J connectivity index is 2.76.